The second-order valence-electron chi connectivity index (χ2n) is 3.61. The van der Waals surface area contributed by atoms with Crippen LogP contribution in [0.15, 0.2) is 12.7 Å². The molecule has 4 heteroatoms. The van der Waals surface area contributed by atoms with Gasteiger partial charge in [-0.05, 0) is 26.2 Å². The van der Waals surface area contributed by atoms with E-state index in [2.05, 4.69) is 6.58 Å². The summed E-state index contributed by atoms with van der Waals surface area (Å²) in [6.45, 7) is 5.17. The number of hydrogen-bond acceptors (Lipinski definition) is 2. The normalized spacial score (nSPS) is 13.9. The van der Waals surface area contributed by atoms with Crippen LogP contribution >= 0.6 is 12.4 Å². The Bertz CT molecular complexity index is 181. The third-order valence-electron chi connectivity index (χ3n) is 2.09. The predicted molar refractivity (Wildman–Crippen MR) is 60.8 cm³/mol. The fraction of sp³-hybridized carbons (Fsp3) is 0.700. The summed E-state index contributed by atoms with van der Waals surface area (Å²) >= 11 is 0. The van der Waals surface area contributed by atoms with Gasteiger partial charge in [0.05, 0.1) is 0 Å². The van der Waals surface area contributed by atoms with Crippen LogP contribution in [-0.2, 0) is 4.79 Å². The predicted octanol–water partition coefficient (Wildman–Crippen LogP) is 2.35. The molecule has 0 aliphatic carbocycles. The summed E-state index contributed by atoms with van der Waals surface area (Å²) in [6.07, 6.45) is 6.37. The van der Waals surface area contributed by atoms with Crippen LogP contribution in [0.25, 0.3) is 0 Å². The molecule has 0 saturated heterocycles. The van der Waals surface area contributed by atoms with Crippen molar-refractivity contribution >= 4 is 18.4 Å². The van der Waals surface area contributed by atoms with Crippen LogP contribution in [0, 0.1) is 0 Å². The van der Waals surface area contributed by atoms with Gasteiger partial charge < -0.3 is 10.8 Å². The maximum atomic E-state index is 10.6. The molecule has 84 valence electrons. The van der Waals surface area contributed by atoms with Gasteiger partial charge in [-0.1, -0.05) is 18.9 Å². The highest BCUT2D eigenvalue weighted by Crippen LogP contribution is 2.12. The van der Waals surface area contributed by atoms with E-state index in [0.717, 1.165) is 25.7 Å². The lowest BCUT2D eigenvalue weighted by Crippen LogP contribution is -2.44. The van der Waals surface area contributed by atoms with Crippen LogP contribution in [0.5, 0.6) is 0 Å². The molecule has 0 aromatic rings. The van der Waals surface area contributed by atoms with Crippen molar-refractivity contribution < 1.29 is 9.90 Å². The van der Waals surface area contributed by atoms with Crippen LogP contribution in [-0.4, -0.2) is 16.6 Å². The van der Waals surface area contributed by atoms with Crippen molar-refractivity contribution in [2.24, 2.45) is 5.73 Å². The first-order chi connectivity index (χ1) is 6.00. The number of halogens is 1. The van der Waals surface area contributed by atoms with Gasteiger partial charge in [0.25, 0.3) is 0 Å². The number of nitrogens with two attached hydrogens (primary N) is 1. The van der Waals surface area contributed by atoms with Gasteiger partial charge >= 0.3 is 5.97 Å². The highest BCUT2D eigenvalue weighted by Gasteiger charge is 2.26. The number of allylic oxidation sites excluding steroid dienone is 1. The first kappa shape index (κ1) is 15.9. The first-order valence-corrected chi connectivity index (χ1v) is 4.64. The number of aliphatic carboxylic acids is 1. The number of carboxylic acids is 1. The van der Waals surface area contributed by atoms with E-state index in [1.165, 1.54) is 0 Å². The van der Waals surface area contributed by atoms with Crippen molar-refractivity contribution in [1.82, 2.24) is 0 Å². The van der Waals surface area contributed by atoms with Gasteiger partial charge in [-0.2, -0.15) is 0 Å². The Morgan fingerprint density at radius 3 is 2.50 bits per heavy atom. The molecule has 0 heterocycles. The van der Waals surface area contributed by atoms with Gasteiger partial charge in [0, 0.05) is 0 Å². The number of hydrogen-bond donors (Lipinski definition) is 2. The number of unbranched alkanes of at least 4 members (excludes halogenated alkanes) is 3. The smallest absolute Gasteiger partial charge is 0.323 e. The minimum atomic E-state index is -1.06. The maximum Gasteiger partial charge on any atom is 0.323 e. The number of rotatable bonds is 7. The van der Waals surface area contributed by atoms with E-state index in [1.807, 2.05) is 6.08 Å². The van der Waals surface area contributed by atoms with Crippen LogP contribution < -0.4 is 5.73 Å². The summed E-state index contributed by atoms with van der Waals surface area (Å²) in [7, 11) is 0. The minimum Gasteiger partial charge on any atom is -0.480 e. The van der Waals surface area contributed by atoms with Crippen molar-refractivity contribution in [3.63, 3.8) is 0 Å². The minimum absolute atomic E-state index is 0. The molecule has 0 saturated carbocycles. The van der Waals surface area contributed by atoms with Crippen LogP contribution in [0.1, 0.15) is 39.0 Å². The second-order valence-corrected chi connectivity index (χ2v) is 3.61. The first-order valence-electron chi connectivity index (χ1n) is 4.64. The fourth-order valence-corrected chi connectivity index (χ4v) is 1.06. The van der Waals surface area contributed by atoms with E-state index in [9.17, 15) is 4.79 Å². The zero-order valence-electron chi connectivity index (χ0n) is 8.66. The molecule has 0 unspecified atom stereocenters. The Hall–Kier alpha value is -0.540. The quantitative estimate of drug-likeness (QED) is 0.513. The molecule has 0 aliphatic heterocycles. The molecule has 3 N–H and O–H groups in total. The highest BCUT2D eigenvalue weighted by molar-refractivity contribution is 5.85. The lowest BCUT2D eigenvalue weighted by atomic mass is 9.95. The van der Waals surface area contributed by atoms with Crippen molar-refractivity contribution in [3.05, 3.63) is 12.7 Å². The van der Waals surface area contributed by atoms with E-state index in [-0.39, 0.29) is 12.4 Å². The molecule has 3 nitrogen and oxygen atoms in total. The summed E-state index contributed by atoms with van der Waals surface area (Å²) < 4.78 is 0. The molecule has 0 aromatic heterocycles. The summed E-state index contributed by atoms with van der Waals surface area (Å²) in [5, 5.41) is 8.70. The van der Waals surface area contributed by atoms with E-state index in [4.69, 9.17) is 10.8 Å². The van der Waals surface area contributed by atoms with Gasteiger partial charge in [-0.25, -0.2) is 0 Å². The average molecular weight is 222 g/mol. The topological polar surface area (TPSA) is 63.3 Å². The maximum absolute atomic E-state index is 10.6. The molecule has 14 heavy (non-hydrogen) atoms. The Kier molecular flexibility index (Phi) is 8.89. The number of carboxylic acid groups (broad SMARTS) is 1. The molecule has 0 rings (SSSR count). The molecule has 1 atom stereocenters. The van der Waals surface area contributed by atoms with E-state index >= 15 is 0 Å². The van der Waals surface area contributed by atoms with Crippen molar-refractivity contribution in [2.75, 3.05) is 0 Å². The third kappa shape index (κ3) is 6.92. The molecule has 0 radical (unpaired) electrons. The Balaban J connectivity index is 0. The molecular formula is C10H20ClNO2. The Morgan fingerprint density at radius 2 is 2.07 bits per heavy atom. The summed E-state index contributed by atoms with van der Waals surface area (Å²) in [5.74, 6) is -0.920. The largest absolute Gasteiger partial charge is 0.480 e. The summed E-state index contributed by atoms with van der Waals surface area (Å²) in [5.41, 5.74) is 4.49. The Labute approximate surface area is 91.8 Å². The zero-order valence-corrected chi connectivity index (χ0v) is 9.48. The monoisotopic (exact) mass is 221 g/mol. The standard InChI is InChI=1S/C10H19NO2.ClH/c1-3-4-5-6-7-8-10(2,11)9(12)13;/h3H,1,4-8,11H2,2H3,(H,12,13);1H/t10-;/m1./s1. The van der Waals surface area contributed by atoms with E-state index in [1.54, 1.807) is 6.92 Å². The molecule has 0 fully saturated rings. The lowest BCUT2D eigenvalue weighted by molar-refractivity contribution is -0.142. The van der Waals surface area contributed by atoms with Gasteiger partial charge in [0.2, 0.25) is 0 Å². The van der Waals surface area contributed by atoms with Gasteiger partial charge in [-0.3, -0.25) is 4.79 Å². The van der Waals surface area contributed by atoms with Crippen LogP contribution in [0.4, 0.5) is 0 Å². The van der Waals surface area contributed by atoms with E-state index in [0.29, 0.717) is 6.42 Å². The van der Waals surface area contributed by atoms with Crippen molar-refractivity contribution in [1.29, 1.82) is 0 Å². The van der Waals surface area contributed by atoms with Crippen molar-refractivity contribution in [3.8, 4) is 0 Å². The Morgan fingerprint density at radius 1 is 1.50 bits per heavy atom. The SMILES string of the molecule is C=CCCCCC[C@@](C)(N)C(=O)O.Cl. The van der Waals surface area contributed by atoms with E-state index < -0.39 is 11.5 Å². The highest BCUT2D eigenvalue weighted by atomic mass is 35.5. The van der Waals surface area contributed by atoms with Gasteiger partial charge in [0.15, 0.2) is 0 Å². The molecule has 0 aromatic carbocycles. The summed E-state index contributed by atoms with van der Waals surface area (Å²) in [6, 6.07) is 0. The second kappa shape index (κ2) is 7.83. The van der Waals surface area contributed by atoms with Gasteiger partial charge in [0.1, 0.15) is 5.54 Å². The molecule has 0 spiro atoms. The molecule has 0 bridgehead atoms. The summed E-state index contributed by atoms with van der Waals surface area (Å²) in [4.78, 5) is 10.6. The molecule has 0 aliphatic rings. The molecular weight excluding hydrogens is 202 g/mol. The molecule has 0 amide bonds. The van der Waals surface area contributed by atoms with Crippen LogP contribution in [0.3, 0.4) is 0 Å². The number of carbonyl (C=O) groups is 1. The van der Waals surface area contributed by atoms with Gasteiger partial charge in [-0.15, -0.1) is 19.0 Å². The zero-order chi connectivity index (χ0) is 10.3. The third-order valence-corrected chi connectivity index (χ3v) is 2.09. The van der Waals surface area contributed by atoms with Crippen LogP contribution in [0.2, 0.25) is 0 Å². The average Bonchev–Trinajstić information content (AvgIpc) is 2.03. The lowest BCUT2D eigenvalue weighted by Gasteiger charge is -2.18. The van der Waals surface area contributed by atoms with Crippen molar-refractivity contribution in [2.45, 2.75) is 44.6 Å². The fourth-order valence-electron chi connectivity index (χ4n) is 1.06.